The van der Waals surface area contributed by atoms with Gasteiger partial charge in [-0.3, -0.25) is 19.6 Å². The van der Waals surface area contributed by atoms with Crippen LogP contribution in [0.2, 0.25) is 10.0 Å². The van der Waals surface area contributed by atoms with Gasteiger partial charge in [0.05, 0.1) is 11.4 Å². The zero-order valence-corrected chi connectivity index (χ0v) is 43.0. The predicted molar refractivity (Wildman–Crippen MR) is 273 cm³/mol. The highest BCUT2D eigenvalue weighted by molar-refractivity contribution is 9.10. The zero-order valence-electron chi connectivity index (χ0n) is 38.3. The SMILES string of the molecule is NC(=O)N1CCC(CC(=O)N2CCC(C3c4ccc(Cl)cc4CCc4cc(Br)cnc43)CC2)CC1.O=C(CC1CCNCC1)N1CCC(C2c3ccc(Cl)cc3CCc3cc(Br)cnc32)CC1. The van der Waals surface area contributed by atoms with E-state index in [0.717, 1.165) is 142 Å². The van der Waals surface area contributed by atoms with Crippen molar-refractivity contribution in [3.8, 4) is 0 Å². The van der Waals surface area contributed by atoms with Crippen LogP contribution in [0.5, 0.6) is 0 Å². The maximum atomic E-state index is 13.1. The van der Waals surface area contributed by atoms with Crippen LogP contribution in [0.15, 0.2) is 69.9 Å². The summed E-state index contributed by atoms with van der Waals surface area (Å²) in [5.74, 6) is 2.91. The molecule has 0 spiro atoms. The molecule has 0 radical (unpaired) electrons. The molecule has 2 aromatic carbocycles. The lowest BCUT2D eigenvalue weighted by Gasteiger charge is -2.38. The topological polar surface area (TPSA) is 125 Å². The Labute approximate surface area is 422 Å². The third-order valence-corrected chi connectivity index (χ3v) is 17.1. The first kappa shape index (κ1) is 48.5. The van der Waals surface area contributed by atoms with Gasteiger partial charge in [0.25, 0.3) is 0 Å². The lowest BCUT2D eigenvalue weighted by atomic mass is 9.76. The number of halogens is 4. The van der Waals surface area contributed by atoms with E-state index in [1.165, 1.54) is 44.8 Å². The first-order chi connectivity index (χ1) is 32.5. The number of primary amides is 1. The molecule has 10 nitrogen and oxygen atoms in total. The molecule has 2 unspecified atom stereocenters. The number of urea groups is 1. The molecule has 2 aliphatic carbocycles. The molecule has 6 heterocycles. The Hall–Kier alpha value is -3.55. The number of fused-ring (bicyclic) bond motifs is 4. The third kappa shape index (κ3) is 11.6. The molecular formula is C53H63Br2Cl2N7O3. The summed E-state index contributed by atoms with van der Waals surface area (Å²) in [6.07, 6.45) is 17.0. The lowest BCUT2D eigenvalue weighted by Crippen LogP contribution is -2.44. The minimum Gasteiger partial charge on any atom is -0.351 e. The van der Waals surface area contributed by atoms with Gasteiger partial charge in [0.2, 0.25) is 11.8 Å². The Kier molecular flexibility index (Phi) is 15.9. The number of likely N-dealkylation sites (tertiary alicyclic amines) is 3. The number of hydrogen-bond acceptors (Lipinski definition) is 6. The summed E-state index contributed by atoms with van der Waals surface area (Å²) in [5, 5.41) is 4.98. The Morgan fingerprint density at radius 3 is 1.40 bits per heavy atom. The average Bonchev–Trinajstić information content (AvgIpc) is 3.59. The first-order valence-electron chi connectivity index (χ1n) is 24.6. The fourth-order valence-corrected chi connectivity index (χ4v) is 13.2. The van der Waals surface area contributed by atoms with Gasteiger partial charge in [-0.2, -0.15) is 0 Å². The van der Waals surface area contributed by atoms with E-state index in [-0.39, 0.29) is 23.8 Å². The summed E-state index contributed by atoms with van der Waals surface area (Å²) in [5.41, 5.74) is 15.8. The molecule has 356 valence electrons. The Bertz CT molecular complexity index is 2320. The number of carbonyl (C=O) groups is 3. The summed E-state index contributed by atoms with van der Waals surface area (Å²) in [4.78, 5) is 53.1. The maximum absolute atomic E-state index is 13.1. The number of amides is 4. The van der Waals surface area contributed by atoms with E-state index in [2.05, 4.69) is 78.5 Å². The number of carbonyl (C=O) groups excluding carboxylic acids is 3. The fourth-order valence-electron chi connectivity index (χ4n) is 12.1. The highest BCUT2D eigenvalue weighted by Crippen LogP contribution is 2.45. The zero-order chi connectivity index (χ0) is 46.6. The van der Waals surface area contributed by atoms with Gasteiger partial charge in [0.1, 0.15) is 0 Å². The molecule has 0 bridgehead atoms. The largest absolute Gasteiger partial charge is 0.351 e. The van der Waals surface area contributed by atoms with Crippen molar-refractivity contribution in [3.63, 3.8) is 0 Å². The molecule has 3 N–H and O–H groups in total. The quantitative estimate of drug-likeness (QED) is 0.198. The number of nitrogens with two attached hydrogens (primary N) is 1. The van der Waals surface area contributed by atoms with E-state index in [1.54, 1.807) is 4.90 Å². The first-order valence-corrected chi connectivity index (χ1v) is 27.0. The number of nitrogens with zero attached hydrogens (tertiary/aromatic N) is 5. The van der Waals surface area contributed by atoms with Crippen LogP contribution in [0.1, 0.15) is 121 Å². The molecule has 14 heteroatoms. The highest BCUT2D eigenvalue weighted by Gasteiger charge is 2.37. The van der Waals surface area contributed by atoms with Gasteiger partial charge in [0, 0.05) is 95.3 Å². The van der Waals surface area contributed by atoms with Crippen LogP contribution < -0.4 is 11.1 Å². The van der Waals surface area contributed by atoms with Crippen molar-refractivity contribution in [1.29, 1.82) is 0 Å². The van der Waals surface area contributed by atoms with Gasteiger partial charge in [-0.25, -0.2) is 4.79 Å². The number of pyridine rings is 2. The average molecular weight is 1080 g/mol. The minimum atomic E-state index is -0.359. The van der Waals surface area contributed by atoms with Crippen LogP contribution in [-0.4, -0.2) is 94.9 Å². The molecule has 2 atom stereocenters. The van der Waals surface area contributed by atoms with E-state index in [4.69, 9.17) is 38.9 Å². The summed E-state index contributed by atoms with van der Waals surface area (Å²) in [6.45, 7) is 6.70. The van der Waals surface area contributed by atoms with E-state index < -0.39 is 0 Å². The Morgan fingerprint density at radius 1 is 0.567 bits per heavy atom. The van der Waals surface area contributed by atoms with Crippen molar-refractivity contribution in [2.75, 3.05) is 52.4 Å². The number of rotatable bonds is 6. The van der Waals surface area contributed by atoms with Gasteiger partial charge >= 0.3 is 6.03 Å². The van der Waals surface area contributed by atoms with Crippen LogP contribution in [0.3, 0.4) is 0 Å². The van der Waals surface area contributed by atoms with E-state index in [9.17, 15) is 14.4 Å². The van der Waals surface area contributed by atoms with E-state index >= 15 is 0 Å². The second-order valence-electron chi connectivity index (χ2n) is 19.8. The summed E-state index contributed by atoms with van der Waals surface area (Å²) < 4.78 is 2.05. The number of benzene rings is 2. The van der Waals surface area contributed by atoms with Gasteiger partial charge < -0.3 is 25.8 Å². The molecule has 10 rings (SSSR count). The van der Waals surface area contributed by atoms with Crippen LogP contribution in [0.25, 0.3) is 0 Å². The van der Waals surface area contributed by atoms with Crippen LogP contribution in [0, 0.1) is 23.7 Å². The molecule has 6 aliphatic rings. The lowest BCUT2D eigenvalue weighted by molar-refractivity contribution is -0.134. The summed E-state index contributed by atoms with van der Waals surface area (Å²) >= 11 is 19.9. The predicted octanol–water partition coefficient (Wildman–Crippen LogP) is 10.5. The number of piperidine rings is 4. The molecule has 0 saturated carbocycles. The van der Waals surface area contributed by atoms with Crippen molar-refractivity contribution in [1.82, 2.24) is 30.0 Å². The van der Waals surface area contributed by atoms with E-state index in [1.807, 2.05) is 29.4 Å². The molecule has 4 fully saturated rings. The van der Waals surface area contributed by atoms with Crippen molar-refractivity contribution in [3.05, 3.63) is 125 Å². The Balaban J connectivity index is 0.000000169. The standard InChI is InChI=1S/C27H32BrClN4O2.C26H31BrClN3O/c28-21-14-20-2-1-19-15-22(29)3-4-23(19)25(26(20)31-16-21)18-7-11-32(12-8-18)24(34)13-17-5-9-33(10-6-17)27(30)35;27-21-14-20-2-1-19-15-22(28)3-4-23(19)25(26(20)30-16-21)18-7-11-31(12-8-18)24(32)13-17-5-9-29-10-6-17/h3-4,14-18,25H,1-2,5-13H2,(H2,30,35);3-4,14-18,25,29H,1-2,5-13H2. The molecular weight excluding hydrogens is 1010 g/mol. The van der Waals surface area contributed by atoms with Crippen LogP contribution >= 0.6 is 55.1 Å². The summed E-state index contributed by atoms with van der Waals surface area (Å²) in [6, 6.07) is 16.8. The second kappa shape index (κ2) is 22.0. The molecule has 2 aromatic heterocycles. The van der Waals surface area contributed by atoms with Gasteiger partial charge in [-0.1, -0.05) is 35.3 Å². The number of hydrogen-bond donors (Lipinski definition) is 2. The van der Waals surface area contributed by atoms with Gasteiger partial charge in [-0.15, -0.1) is 0 Å². The van der Waals surface area contributed by atoms with E-state index in [0.29, 0.717) is 49.1 Å². The second-order valence-corrected chi connectivity index (χ2v) is 22.5. The monoisotopic (exact) mass is 1070 g/mol. The van der Waals surface area contributed by atoms with Crippen molar-refractivity contribution in [2.24, 2.45) is 29.4 Å². The van der Waals surface area contributed by atoms with Crippen LogP contribution in [-0.2, 0) is 35.3 Å². The van der Waals surface area contributed by atoms with Crippen molar-refractivity contribution in [2.45, 2.75) is 102 Å². The number of nitrogens with one attached hydrogen (secondary N) is 1. The van der Waals surface area contributed by atoms with Crippen LogP contribution in [0.4, 0.5) is 4.79 Å². The smallest absolute Gasteiger partial charge is 0.314 e. The number of aromatic nitrogens is 2. The molecule has 4 saturated heterocycles. The van der Waals surface area contributed by atoms with Gasteiger partial charge in [0.15, 0.2) is 0 Å². The maximum Gasteiger partial charge on any atom is 0.314 e. The minimum absolute atomic E-state index is 0.225. The molecule has 4 aromatic rings. The fraction of sp³-hybridized carbons (Fsp3) is 0.528. The third-order valence-electron chi connectivity index (χ3n) is 15.8. The van der Waals surface area contributed by atoms with Crippen molar-refractivity contribution >= 4 is 72.9 Å². The highest BCUT2D eigenvalue weighted by atomic mass is 79.9. The molecule has 4 amide bonds. The normalized spacial score (nSPS) is 21.7. The Morgan fingerprint density at radius 2 is 0.970 bits per heavy atom. The number of aryl methyl sites for hydroxylation is 4. The molecule has 67 heavy (non-hydrogen) atoms. The van der Waals surface area contributed by atoms with Gasteiger partial charge in [-0.05, 0) is 215 Å². The van der Waals surface area contributed by atoms with Crippen molar-refractivity contribution < 1.29 is 14.4 Å². The summed E-state index contributed by atoms with van der Waals surface area (Å²) in [7, 11) is 0. The molecule has 4 aliphatic heterocycles.